The Morgan fingerprint density at radius 3 is 2.59 bits per heavy atom. The highest BCUT2D eigenvalue weighted by molar-refractivity contribution is 7.90. The first-order valence-corrected chi connectivity index (χ1v) is 7.80. The lowest BCUT2D eigenvalue weighted by atomic mass is 10.1. The molecular weight excluding hydrogens is 234 g/mol. The number of hydrogen-bond acceptors (Lipinski definition) is 3. The minimum Gasteiger partial charge on any atom is -0.327 e. The molecule has 1 aromatic rings. The van der Waals surface area contributed by atoms with Crippen LogP contribution in [0.5, 0.6) is 0 Å². The van der Waals surface area contributed by atoms with Gasteiger partial charge in [-0.1, -0.05) is 24.3 Å². The molecule has 1 atom stereocenters. The maximum Gasteiger partial charge on any atom is 0.155 e. The van der Waals surface area contributed by atoms with Gasteiger partial charge in [0.25, 0.3) is 0 Å². The molecule has 1 aliphatic carbocycles. The summed E-state index contributed by atoms with van der Waals surface area (Å²) >= 11 is 0. The van der Waals surface area contributed by atoms with Gasteiger partial charge in [0.05, 0.1) is 11.5 Å². The third-order valence-corrected chi connectivity index (χ3v) is 4.95. The fourth-order valence-corrected chi connectivity index (χ4v) is 3.80. The summed E-state index contributed by atoms with van der Waals surface area (Å²) in [6.07, 6.45) is 2.17. The van der Waals surface area contributed by atoms with Crippen molar-refractivity contribution in [2.75, 3.05) is 5.75 Å². The van der Waals surface area contributed by atoms with Crippen LogP contribution in [0, 0.1) is 12.8 Å². The van der Waals surface area contributed by atoms with Gasteiger partial charge in [-0.3, -0.25) is 0 Å². The van der Waals surface area contributed by atoms with Gasteiger partial charge in [-0.25, -0.2) is 8.42 Å². The van der Waals surface area contributed by atoms with Crippen LogP contribution in [0.2, 0.25) is 0 Å². The molecule has 0 amide bonds. The highest BCUT2D eigenvalue weighted by atomic mass is 32.2. The Kier molecular flexibility index (Phi) is 3.54. The van der Waals surface area contributed by atoms with Crippen molar-refractivity contribution in [1.29, 1.82) is 0 Å². The molecule has 1 aromatic carbocycles. The van der Waals surface area contributed by atoms with Crippen LogP contribution in [0.1, 0.15) is 24.0 Å². The van der Waals surface area contributed by atoms with Crippen molar-refractivity contribution in [2.45, 2.75) is 31.6 Å². The smallest absolute Gasteiger partial charge is 0.155 e. The lowest BCUT2D eigenvalue weighted by Gasteiger charge is -2.12. The van der Waals surface area contributed by atoms with Gasteiger partial charge in [-0.15, -0.1) is 0 Å². The van der Waals surface area contributed by atoms with E-state index in [1.54, 1.807) is 0 Å². The van der Waals surface area contributed by atoms with E-state index < -0.39 is 9.84 Å². The lowest BCUT2D eigenvalue weighted by molar-refractivity contribution is 0.573. The zero-order valence-electron chi connectivity index (χ0n) is 10.1. The molecule has 1 aliphatic rings. The van der Waals surface area contributed by atoms with E-state index in [1.165, 1.54) is 0 Å². The second kappa shape index (κ2) is 4.78. The fraction of sp³-hybridized carbons (Fsp3) is 0.538. The van der Waals surface area contributed by atoms with E-state index >= 15 is 0 Å². The largest absolute Gasteiger partial charge is 0.327 e. The molecule has 3 nitrogen and oxygen atoms in total. The van der Waals surface area contributed by atoms with Crippen LogP contribution in [-0.4, -0.2) is 20.2 Å². The summed E-state index contributed by atoms with van der Waals surface area (Å²) in [6, 6.07) is 7.42. The van der Waals surface area contributed by atoms with Crippen molar-refractivity contribution in [1.82, 2.24) is 0 Å². The first-order valence-electron chi connectivity index (χ1n) is 5.98. The summed E-state index contributed by atoms with van der Waals surface area (Å²) in [4.78, 5) is 0. The Balaban J connectivity index is 2.04. The van der Waals surface area contributed by atoms with Gasteiger partial charge in [0.1, 0.15) is 0 Å². The van der Waals surface area contributed by atoms with E-state index in [4.69, 9.17) is 5.73 Å². The summed E-state index contributed by atoms with van der Waals surface area (Å²) in [7, 11) is -3.09. The lowest BCUT2D eigenvalue weighted by Crippen LogP contribution is -2.32. The number of rotatable bonds is 5. The minimum atomic E-state index is -3.09. The monoisotopic (exact) mass is 253 g/mol. The van der Waals surface area contributed by atoms with Crippen molar-refractivity contribution in [3.63, 3.8) is 0 Å². The Labute approximate surface area is 103 Å². The highest BCUT2D eigenvalue weighted by Crippen LogP contribution is 2.32. The molecule has 0 aromatic heterocycles. The van der Waals surface area contributed by atoms with Crippen LogP contribution < -0.4 is 5.73 Å². The average Bonchev–Trinajstić information content (AvgIpc) is 3.03. The topological polar surface area (TPSA) is 60.2 Å². The van der Waals surface area contributed by atoms with Crippen molar-refractivity contribution in [3.05, 3.63) is 35.4 Å². The van der Waals surface area contributed by atoms with Gasteiger partial charge < -0.3 is 5.73 Å². The van der Waals surface area contributed by atoms with E-state index in [9.17, 15) is 8.42 Å². The van der Waals surface area contributed by atoms with Crippen LogP contribution in [0.4, 0.5) is 0 Å². The predicted octanol–water partition coefficient (Wildman–Crippen LogP) is 1.65. The standard InChI is InChI=1S/C13H19NO2S/c1-10-4-2-3-5-12(10)8-17(15,16)9-13(14)11-6-7-11/h2-5,11,13H,6-9,14H2,1H3. The molecule has 0 spiro atoms. The van der Waals surface area contributed by atoms with Gasteiger partial charge >= 0.3 is 0 Å². The van der Waals surface area contributed by atoms with Crippen LogP contribution in [0.15, 0.2) is 24.3 Å². The quantitative estimate of drug-likeness (QED) is 0.868. The van der Waals surface area contributed by atoms with Crippen LogP contribution in [0.3, 0.4) is 0 Å². The van der Waals surface area contributed by atoms with Gasteiger partial charge in [0.2, 0.25) is 0 Å². The normalized spacial score (nSPS) is 18.0. The van der Waals surface area contributed by atoms with Gasteiger partial charge in [-0.2, -0.15) is 0 Å². The number of hydrogen-bond donors (Lipinski definition) is 1. The summed E-state index contributed by atoms with van der Waals surface area (Å²) in [5, 5.41) is 0. The molecule has 0 saturated heterocycles. The molecular formula is C13H19NO2S. The number of nitrogens with two attached hydrogens (primary N) is 1. The zero-order chi connectivity index (χ0) is 12.5. The maximum absolute atomic E-state index is 12.0. The fourth-order valence-electron chi connectivity index (χ4n) is 2.02. The average molecular weight is 253 g/mol. The third kappa shape index (κ3) is 3.54. The van der Waals surface area contributed by atoms with E-state index in [0.29, 0.717) is 5.92 Å². The van der Waals surface area contributed by atoms with E-state index in [2.05, 4.69) is 0 Å². The maximum atomic E-state index is 12.0. The summed E-state index contributed by atoms with van der Waals surface area (Å²) in [5.41, 5.74) is 7.79. The van der Waals surface area contributed by atoms with Crippen LogP contribution >= 0.6 is 0 Å². The highest BCUT2D eigenvalue weighted by Gasteiger charge is 2.31. The molecule has 1 unspecified atom stereocenters. The van der Waals surface area contributed by atoms with Crippen molar-refractivity contribution >= 4 is 9.84 Å². The molecule has 2 rings (SSSR count). The van der Waals surface area contributed by atoms with Crippen LogP contribution in [0.25, 0.3) is 0 Å². The van der Waals surface area contributed by atoms with E-state index in [-0.39, 0.29) is 17.5 Å². The van der Waals surface area contributed by atoms with E-state index in [0.717, 1.165) is 24.0 Å². The van der Waals surface area contributed by atoms with Gasteiger partial charge in [0.15, 0.2) is 9.84 Å². The molecule has 1 fully saturated rings. The molecule has 2 N–H and O–H groups in total. The molecule has 1 saturated carbocycles. The first kappa shape index (κ1) is 12.6. The molecule has 0 heterocycles. The number of benzene rings is 1. The SMILES string of the molecule is Cc1ccccc1CS(=O)(=O)CC(N)C1CC1. The number of aryl methyl sites for hydroxylation is 1. The zero-order valence-corrected chi connectivity index (χ0v) is 10.9. The molecule has 0 aliphatic heterocycles. The van der Waals surface area contributed by atoms with Gasteiger partial charge in [-0.05, 0) is 36.8 Å². The van der Waals surface area contributed by atoms with Crippen LogP contribution in [-0.2, 0) is 15.6 Å². The Morgan fingerprint density at radius 1 is 1.35 bits per heavy atom. The van der Waals surface area contributed by atoms with Gasteiger partial charge in [0, 0.05) is 6.04 Å². The first-order chi connectivity index (χ1) is 7.98. The molecule has 0 radical (unpaired) electrons. The Hall–Kier alpha value is -0.870. The minimum absolute atomic E-state index is 0.111. The molecule has 94 valence electrons. The van der Waals surface area contributed by atoms with Crippen molar-refractivity contribution in [3.8, 4) is 0 Å². The summed E-state index contributed by atoms with van der Waals surface area (Å²) < 4.78 is 24.0. The summed E-state index contributed by atoms with van der Waals surface area (Å²) in [6.45, 7) is 1.94. The second-order valence-corrected chi connectivity index (χ2v) is 7.09. The summed E-state index contributed by atoms with van der Waals surface area (Å²) in [5.74, 6) is 0.660. The van der Waals surface area contributed by atoms with E-state index in [1.807, 2.05) is 31.2 Å². The van der Waals surface area contributed by atoms with Crippen molar-refractivity contribution < 1.29 is 8.42 Å². The third-order valence-electron chi connectivity index (χ3n) is 3.31. The van der Waals surface area contributed by atoms with Crippen molar-refractivity contribution in [2.24, 2.45) is 11.7 Å². The second-order valence-electron chi connectivity index (χ2n) is 4.98. The predicted molar refractivity (Wildman–Crippen MR) is 69.4 cm³/mol. The molecule has 17 heavy (non-hydrogen) atoms. The Morgan fingerprint density at radius 2 is 2.00 bits per heavy atom. The molecule has 4 heteroatoms. The Bertz CT molecular complexity index is 492. The number of sulfone groups is 1. The molecule has 0 bridgehead atoms.